The molecule has 1 unspecified atom stereocenters. The maximum Gasteiger partial charge on any atom is 0.237 e. The van der Waals surface area contributed by atoms with Crippen molar-refractivity contribution in [2.75, 3.05) is 0 Å². The Morgan fingerprint density at radius 3 is 2.68 bits per heavy atom. The van der Waals surface area contributed by atoms with E-state index in [1.165, 1.54) is 18.2 Å². The first-order chi connectivity index (χ1) is 8.93. The molecule has 0 bridgehead atoms. The van der Waals surface area contributed by atoms with Gasteiger partial charge in [-0.1, -0.05) is 0 Å². The molecule has 0 fully saturated rings. The zero-order chi connectivity index (χ0) is 14.4. The molecule has 0 aliphatic heterocycles. The number of halogens is 1. The lowest BCUT2D eigenvalue weighted by Crippen LogP contribution is -2.44. The monoisotopic (exact) mass is 263 g/mol. The fraction of sp³-hybridized carbons (Fsp3) is 0.429. The molecule has 1 atom stereocenters. The lowest BCUT2D eigenvalue weighted by atomic mass is 10.1. The number of nitrogens with zero attached hydrogens (tertiary/aromatic N) is 1. The number of nitriles is 1. The van der Waals surface area contributed by atoms with Crippen molar-refractivity contribution in [3.63, 3.8) is 0 Å². The summed E-state index contributed by atoms with van der Waals surface area (Å²) in [6.45, 7) is 5.67. The van der Waals surface area contributed by atoms with Crippen LogP contribution in [0.15, 0.2) is 18.2 Å². The predicted molar refractivity (Wildman–Crippen MR) is 70.7 cm³/mol. The zero-order valence-corrected chi connectivity index (χ0v) is 11.3. The molecule has 5 heteroatoms. The number of amides is 1. The summed E-state index contributed by atoms with van der Waals surface area (Å²) in [7, 11) is 0. The number of nitrogens with one attached hydrogen (secondary N) is 2. The number of carbonyl (C=O) groups excluding carboxylic acids is 1. The minimum Gasteiger partial charge on any atom is -0.353 e. The lowest BCUT2D eigenvalue weighted by Gasteiger charge is -2.16. The van der Waals surface area contributed by atoms with Gasteiger partial charge >= 0.3 is 0 Å². The first-order valence-electron chi connectivity index (χ1n) is 6.16. The fourth-order valence-electron chi connectivity index (χ4n) is 1.55. The van der Waals surface area contributed by atoms with Crippen molar-refractivity contribution in [1.82, 2.24) is 10.6 Å². The lowest BCUT2D eigenvalue weighted by molar-refractivity contribution is -0.123. The number of benzene rings is 1. The maximum atomic E-state index is 13.5. The Morgan fingerprint density at radius 1 is 1.42 bits per heavy atom. The van der Waals surface area contributed by atoms with E-state index in [-0.39, 0.29) is 24.3 Å². The second-order valence-corrected chi connectivity index (χ2v) is 4.68. The van der Waals surface area contributed by atoms with E-state index in [0.29, 0.717) is 11.1 Å². The molecule has 0 saturated heterocycles. The third-order valence-electron chi connectivity index (χ3n) is 2.60. The summed E-state index contributed by atoms with van der Waals surface area (Å²) >= 11 is 0. The number of hydrogen-bond acceptors (Lipinski definition) is 3. The summed E-state index contributed by atoms with van der Waals surface area (Å²) in [5.41, 5.74) is 0.778. The van der Waals surface area contributed by atoms with E-state index in [1.807, 2.05) is 19.9 Å². The van der Waals surface area contributed by atoms with E-state index >= 15 is 0 Å². The Kier molecular flexibility index (Phi) is 5.46. The molecule has 1 aromatic rings. The van der Waals surface area contributed by atoms with Gasteiger partial charge in [0.15, 0.2) is 0 Å². The van der Waals surface area contributed by atoms with E-state index in [1.54, 1.807) is 6.92 Å². The SMILES string of the molecule is CC(C)NC(=O)C(C)NCc1cc(C#N)ccc1F. The minimum atomic E-state index is -0.424. The topological polar surface area (TPSA) is 64.9 Å². The largest absolute Gasteiger partial charge is 0.353 e. The fourth-order valence-corrected chi connectivity index (χ4v) is 1.55. The van der Waals surface area contributed by atoms with Gasteiger partial charge in [0.05, 0.1) is 17.7 Å². The molecule has 0 radical (unpaired) electrons. The number of rotatable bonds is 5. The van der Waals surface area contributed by atoms with Crippen molar-refractivity contribution in [3.05, 3.63) is 35.1 Å². The molecule has 0 aromatic heterocycles. The summed E-state index contributed by atoms with van der Waals surface area (Å²) < 4.78 is 13.5. The first-order valence-corrected chi connectivity index (χ1v) is 6.16. The van der Waals surface area contributed by atoms with Crippen LogP contribution < -0.4 is 10.6 Å². The predicted octanol–water partition coefficient (Wildman–Crippen LogP) is 1.70. The van der Waals surface area contributed by atoms with Gasteiger partial charge in [-0.15, -0.1) is 0 Å². The second-order valence-electron chi connectivity index (χ2n) is 4.68. The normalized spacial score (nSPS) is 12.0. The van der Waals surface area contributed by atoms with Gasteiger partial charge in [0.1, 0.15) is 5.82 Å². The Hall–Kier alpha value is -1.93. The molecule has 0 aliphatic carbocycles. The Labute approximate surface area is 112 Å². The summed E-state index contributed by atoms with van der Waals surface area (Å²) in [5.74, 6) is -0.519. The van der Waals surface area contributed by atoms with E-state index in [4.69, 9.17) is 5.26 Å². The minimum absolute atomic E-state index is 0.0652. The van der Waals surface area contributed by atoms with Crippen LogP contribution in [0.4, 0.5) is 4.39 Å². The van der Waals surface area contributed by atoms with Crippen LogP contribution in [0.1, 0.15) is 31.9 Å². The highest BCUT2D eigenvalue weighted by Gasteiger charge is 2.13. The second kappa shape index (κ2) is 6.86. The third-order valence-corrected chi connectivity index (χ3v) is 2.60. The highest BCUT2D eigenvalue weighted by molar-refractivity contribution is 5.81. The molecule has 0 spiro atoms. The van der Waals surface area contributed by atoms with Gasteiger partial charge in [-0.25, -0.2) is 4.39 Å². The summed E-state index contributed by atoms with van der Waals surface area (Å²) in [5, 5.41) is 14.5. The van der Waals surface area contributed by atoms with Crippen LogP contribution >= 0.6 is 0 Å². The molecule has 2 N–H and O–H groups in total. The standard InChI is InChI=1S/C14H18FN3O/c1-9(2)18-14(19)10(3)17-8-12-6-11(7-16)4-5-13(12)15/h4-6,9-10,17H,8H2,1-3H3,(H,18,19). The van der Waals surface area contributed by atoms with Gasteiger partial charge in [-0.3, -0.25) is 4.79 Å². The highest BCUT2D eigenvalue weighted by atomic mass is 19.1. The molecule has 0 saturated carbocycles. The van der Waals surface area contributed by atoms with Crippen molar-refractivity contribution in [2.45, 2.75) is 39.4 Å². The molecule has 1 aromatic carbocycles. The van der Waals surface area contributed by atoms with E-state index in [9.17, 15) is 9.18 Å². The summed E-state index contributed by atoms with van der Waals surface area (Å²) in [6, 6.07) is 5.76. The molecule has 1 amide bonds. The molecule has 0 heterocycles. The van der Waals surface area contributed by atoms with Gasteiger partial charge in [-0.2, -0.15) is 5.26 Å². The summed E-state index contributed by atoms with van der Waals surface area (Å²) in [4.78, 5) is 11.7. The average molecular weight is 263 g/mol. The van der Waals surface area contributed by atoms with Gasteiger partial charge in [0.25, 0.3) is 0 Å². The first kappa shape index (κ1) is 15.1. The third kappa shape index (κ3) is 4.68. The highest BCUT2D eigenvalue weighted by Crippen LogP contribution is 2.10. The molecule has 19 heavy (non-hydrogen) atoms. The Bertz CT molecular complexity index is 494. The van der Waals surface area contributed by atoms with Gasteiger partial charge in [-0.05, 0) is 39.0 Å². The zero-order valence-electron chi connectivity index (χ0n) is 11.3. The van der Waals surface area contributed by atoms with E-state index in [2.05, 4.69) is 10.6 Å². The molecule has 4 nitrogen and oxygen atoms in total. The molecule has 0 aliphatic rings. The van der Waals surface area contributed by atoms with E-state index < -0.39 is 6.04 Å². The molecular formula is C14H18FN3O. The van der Waals surface area contributed by atoms with Crippen LogP contribution in [0.5, 0.6) is 0 Å². The molecular weight excluding hydrogens is 245 g/mol. The van der Waals surface area contributed by atoms with Crippen LogP contribution in [0.25, 0.3) is 0 Å². The van der Waals surface area contributed by atoms with Gasteiger partial charge in [0.2, 0.25) is 5.91 Å². The van der Waals surface area contributed by atoms with E-state index in [0.717, 1.165) is 0 Å². The Morgan fingerprint density at radius 2 is 2.11 bits per heavy atom. The average Bonchev–Trinajstić information content (AvgIpc) is 2.36. The van der Waals surface area contributed by atoms with Crippen molar-refractivity contribution in [2.24, 2.45) is 0 Å². The number of hydrogen-bond donors (Lipinski definition) is 2. The van der Waals surface area contributed by atoms with Crippen LogP contribution in [0, 0.1) is 17.1 Å². The van der Waals surface area contributed by atoms with Crippen LogP contribution in [-0.4, -0.2) is 18.0 Å². The molecule has 102 valence electrons. The van der Waals surface area contributed by atoms with Gasteiger partial charge < -0.3 is 10.6 Å². The van der Waals surface area contributed by atoms with Crippen molar-refractivity contribution in [3.8, 4) is 6.07 Å². The number of carbonyl (C=O) groups is 1. The van der Waals surface area contributed by atoms with Gasteiger partial charge in [0, 0.05) is 18.2 Å². The molecule has 1 rings (SSSR count). The maximum absolute atomic E-state index is 13.5. The van der Waals surface area contributed by atoms with Crippen LogP contribution in [0.3, 0.4) is 0 Å². The van der Waals surface area contributed by atoms with Crippen molar-refractivity contribution < 1.29 is 9.18 Å². The van der Waals surface area contributed by atoms with Crippen LogP contribution in [-0.2, 0) is 11.3 Å². The van der Waals surface area contributed by atoms with Crippen LogP contribution in [0.2, 0.25) is 0 Å². The quantitative estimate of drug-likeness (QED) is 0.849. The van der Waals surface area contributed by atoms with Crippen molar-refractivity contribution in [1.29, 1.82) is 5.26 Å². The smallest absolute Gasteiger partial charge is 0.237 e. The summed E-state index contributed by atoms with van der Waals surface area (Å²) in [6.07, 6.45) is 0. The Balaban J connectivity index is 2.62. The van der Waals surface area contributed by atoms with Crippen molar-refractivity contribution >= 4 is 5.91 Å².